The van der Waals surface area contributed by atoms with Gasteiger partial charge < -0.3 is 30.7 Å². The van der Waals surface area contributed by atoms with Gasteiger partial charge in [-0.25, -0.2) is 4.79 Å². The van der Waals surface area contributed by atoms with Crippen molar-refractivity contribution in [1.82, 2.24) is 0 Å². The predicted octanol–water partition coefficient (Wildman–Crippen LogP) is -6.25. The molecule has 0 fully saturated rings. The molecule has 0 saturated carbocycles. The predicted molar refractivity (Wildman–Crippen MR) is 39.6 cm³/mol. The Bertz CT molecular complexity index is 138. The Kier molecular flexibility index (Phi) is 21.6. The molecule has 0 radical (unpaired) electrons. The molecule has 8 heteroatoms. The first-order valence-electron chi connectivity index (χ1n) is 3.08. The van der Waals surface area contributed by atoms with Crippen LogP contribution in [0.5, 0.6) is 0 Å². The molecule has 7 nitrogen and oxygen atoms in total. The minimum atomic E-state index is -1.44. The molecule has 14 heavy (non-hydrogen) atoms. The fraction of sp³-hybridized carbons (Fsp3) is 0.667. The minimum Gasteiger partial charge on any atom is -0.547 e. The van der Waals surface area contributed by atoms with E-state index in [1.54, 1.807) is 0 Å². The molecule has 0 heterocycles. The van der Waals surface area contributed by atoms with Crippen molar-refractivity contribution in [2.75, 3.05) is 0 Å². The molecule has 0 aromatic carbocycles. The molecule has 0 rings (SSSR count). The fourth-order valence-corrected chi connectivity index (χ4v) is 0. The largest absolute Gasteiger partial charge is 1.00 e. The molecule has 2 atom stereocenters. The molecule has 2 unspecified atom stereocenters. The maximum absolute atomic E-state index is 9.45. The zero-order chi connectivity index (χ0) is 10.3. The molecule has 0 spiro atoms. The van der Waals surface area contributed by atoms with Crippen LogP contribution < -0.4 is 34.7 Å². The molecular weight excluding hydrogens is 207 g/mol. The van der Waals surface area contributed by atoms with Crippen LogP contribution in [0.3, 0.4) is 0 Å². The van der Waals surface area contributed by atoms with Gasteiger partial charge >= 0.3 is 35.5 Å². The number of aliphatic carboxylic acids is 2. The van der Waals surface area contributed by atoms with Gasteiger partial charge in [-0.3, -0.25) is 0 Å². The van der Waals surface area contributed by atoms with E-state index in [0.29, 0.717) is 0 Å². The monoisotopic (exact) mass is 220 g/mol. The van der Waals surface area contributed by atoms with Crippen LogP contribution in [0.1, 0.15) is 13.8 Å². The second-order valence-corrected chi connectivity index (χ2v) is 2.01. The van der Waals surface area contributed by atoms with Crippen molar-refractivity contribution in [2.45, 2.75) is 26.1 Å². The number of carbonyl (C=O) groups is 2. The van der Waals surface area contributed by atoms with E-state index in [1.165, 1.54) is 6.92 Å². The summed E-state index contributed by atoms with van der Waals surface area (Å²) in [5, 5.41) is 33.1. The summed E-state index contributed by atoms with van der Waals surface area (Å²) in [5.74, 6) is -2.62. The molecule has 80 valence electrons. The summed E-state index contributed by atoms with van der Waals surface area (Å²) in [6.07, 6.45) is -2.57. The SMILES string of the molecule is CC(O)C(=O)O.CC(O)C(=O)[O-].O.[Na+]. The number of carbonyl (C=O) groups excluding carboxylic acids is 1. The standard InChI is InChI=1S/2C3H6O3.Na.H2O/c2*1-2(4)3(5)6;;/h2*2,4H,1H3,(H,5,6);;1H2/q;;+1;/p-1. The van der Waals surface area contributed by atoms with Crippen LogP contribution in [0, 0.1) is 0 Å². The van der Waals surface area contributed by atoms with Crippen molar-refractivity contribution in [3.63, 3.8) is 0 Å². The summed E-state index contributed by atoms with van der Waals surface area (Å²) in [5.41, 5.74) is 0. The van der Waals surface area contributed by atoms with Gasteiger partial charge in [-0.1, -0.05) is 0 Å². The van der Waals surface area contributed by atoms with E-state index in [0.717, 1.165) is 6.92 Å². The first-order chi connectivity index (χ1) is 5.29. The molecule has 0 aromatic rings. The van der Waals surface area contributed by atoms with Crippen LogP contribution in [0.2, 0.25) is 0 Å². The van der Waals surface area contributed by atoms with Crippen molar-refractivity contribution < 1.29 is 65.0 Å². The third kappa shape index (κ3) is 22.6. The van der Waals surface area contributed by atoms with Gasteiger partial charge in [0.1, 0.15) is 6.10 Å². The maximum Gasteiger partial charge on any atom is 1.00 e. The first kappa shape index (κ1) is 23.6. The van der Waals surface area contributed by atoms with Crippen LogP contribution in [-0.2, 0) is 9.59 Å². The minimum absolute atomic E-state index is 0. The van der Waals surface area contributed by atoms with Crippen LogP contribution >= 0.6 is 0 Å². The second-order valence-electron chi connectivity index (χ2n) is 2.01. The summed E-state index contributed by atoms with van der Waals surface area (Å²) in [6, 6.07) is 0. The van der Waals surface area contributed by atoms with Crippen molar-refractivity contribution in [3.8, 4) is 0 Å². The quantitative estimate of drug-likeness (QED) is 0.394. The molecular formula is C6H13NaO7. The molecule has 0 aliphatic carbocycles. The van der Waals surface area contributed by atoms with E-state index in [4.69, 9.17) is 15.3 Å². The Labute approximate surface area is 103 Å². The number of carboxylic acids is 2. The number of rotatable bonds is 2. The fourth-order valence-electron chi connectivity index (χ4n) is 0. The Hall–Kier alpha value is -0.180. The van der Waals surface area contributed by atoms with Crippen LogP contribution in [0.15, 0.2) is 0 Å². The van der Waals surface area contributed by atoms with Crippen molar-refractivity contribution >= 4 is 11.9 Å². The summed E-state index contributed by atoms with van der Waals surface area (Å²) in [7, 11) is 0. The van der Waals surface area contributed by atoms with Crippen molar-refractivity contribution in [1.29, 1.82) is 0 Å². The van der Waals surface area contributed by atoms with Gasteiger partial charge in [0.15, 0.2) is 0 Å². The molecule has 0 bridgehead atoms. The Morgan fingerprint density at radius 1 is 1.14 bits per heavy atom. The number of carboxylic acid groups (broad SMARTS) is 2. The molecule has 0 aliphatic heterocycles. The van der Waals surface area contributed by atoms with Gasteiger partial charge in [-0.2, -0.15) is 0 Å². The van der Waals surface area contributed by atoms with E-state index in [9.17, 15) is 14.7 Å². The summed E-state index contributed by atoms with van der Waals surface area (Å²) in [6.45, 7) is 2.33. The van der Waals surface area contributed by atoms with Gasteiger partial charge in [0.25, 0.3) is 0 Å². The third-order valence-electron chi connectivity index (χ3n) is 0.699. The smallest absolute Gasteiger partial charge is 0.547 e. The normalized spacial score (nSPS) is 11.7. The Morgan fingerprint density at radius 2 is 1.29 bits per heavy atom. The number of aliphatic hydroxyl groups is 2. The number of hydrogen-bond acceptors (Lipinski definition) is 5. The molecule has 0 aromatic heterocycles. The van der Waals surface area contributed by atoms with Gasteiger partial charge in [-0.05, 0) is 13.8 Å². The molecule has 0 amide bonds. The van der Waals surface area contributed by atoms with E-state index < -0.39 is 24.1 Å². The van der Waals surface area contributed by atoms with Gasteiger partial charge in [0.05, 0.1) is 12.1 Å². The molecule has 0 aliphatic rings. The summed E-state index contributed by atoms with van der Waals surface area (Å²) in [4.78, 5) is 18.8. The summed E-state index contributed by atoms with van der Waals surface area (Å²) >= 11 is 0. The zero-order valence-electron chi connectivity index (χ0n) is 8.22. The van der Waals surface area contributed by atoms with Crippen LogP contribution in [0.25, 0.3) is 0 Å². The van der Waals surface area contributed by atoms with Crippen LogP contribution in [0.4, 0.5) is 0 Å². The second kappa shape index (κ2) is 12.8. The zero-order valence-corrected chi connectivity index (χ0v) is 10.2. The molecule has 5 N–H and O–H groups in total. The van der Waals surface area contributed by atoms with E-state index >= 15 is 0 Å². The number of aliphatic hydroxyl groups excluding tert-OH is 2. The van der Waals surface area contributed by atoms with E-state index in [1.807, 2.05) is 0 Å². The van der Waals surface area contributed by atoms with Gasteiger partial charge in [0.2, 0.25) is 0 Å². The van der Waals surface area contributed by atoms with Gasteiger partial charge in [-0.15, -0.1) is 0 Å². The van der Waals surface area contributed by atoms with E-state index in [2.05, 4.69) is 0 Å². The van der Waals surface area contributed by atoms with Crippen molar-refractivity contribution in [3.05, 3.63) is 0 Å². The van der Waals surface area contributed by atoms with Crippen molar-refractivity contribution in [2.24, 2.45) is 0 Å². The number of hydrogen-bond donors (Lipinski definition) is 3. The maximum atomic E-state index is 9.45. The summed E-state index contributed by atoms with van der Waals surface area (Å²) < 4.78 is 0. The first-order valence-corrected chi connectivity index (χ1v) is 3.08. The topological polar surface area (TPSA) is 149 Å². The van der Waals surface area contributed by atoms with Crippen LogP contribution in [-0.4, -0.2) is 44.9 Å². The third-order valence-corrected chi connectivity index (χ3v) is 0.699. The average Bonchev–Trinajstić information content (AvgIpc) is 1.88. The Balaban J connectivity index is -0.0000000625. The Morgan fingerprint density at radius 3 is 1.29 bits per heavy atom. The molecule has 0 saturated heterocycles. The van der Waals surface area contributed by atoms with Gasteiger partial charge in [0, 0.05) is 0 Å². The average molecular weight is 220 g/mol. The van der Waals surface area contributed by atoms with E-state index in [-0.39, 0.29) is 35.0 Å².